The highest BCUT2D eigenvalue weighted by Gasteiger charge is 2.34. The fraction of sp³-hybridized carbons (Fsp3) is 0.471. The van der Waals surface area contributed by atoms with Crippen molar-refractivity contribution in [1.82, 2.24) is 4.90 Å². The van der Waals surface area contributed by atoms with Crippen molar-refractivity contribution in [3.63, 3.8) is 0 Å². The van der Waals surface area contributed by atoms with E-state index in [4.69, 9.17) is 5.11 Å². The molecule has 1 aliphatic carbocycles. The number of carbonyl (C=O) groups is 1. The molecule has 0 bridgehead atoms. The van der Waals surface area contributed by atoms with E-state index in [0.29, 0.717) is 11.5 Å². The lowest BCUT2D eigenvalue weighted by molar-refractivity contribution is 0.0787. The number of benzene rings is 1. The molecule has 106 valence electrons. The predicted octanol–water partition coefficient (Wildman–Crippen LogP) is 2.07. The van der Waals surface area contributed by atoms with Gasteiger partial charge in [0.05, 0.1) is 0 Å². The largest absolute Gasteiger partial charge is 0.384 e. The quantitative estimate of drug-likeness (QED) is 0.855. The lowest BCUT2D eigenvalue weighted by atomic mass is 10.0. The molecule has 0 spiro atoms. The molecule has 0 heterocycles. The Hall–Kier alpha value is -1.79. The van der Waals surface area contributed by atoms with Gasteiger partial charge >= 0.3 is 0 Å². The third-order valence-corrected chi connectivity index (χ3v) is 3.91. The number of carbonyl (C=O) groups excluding carboxylic acids is 1. The van der Waals surface area contributed by atoms with Gasteiger partial charge in [-0.05, 0) is 48.9 Å². The van der Waals surface area contributed by atoms with Crippen molar-refractivity contribution in [3.05, 3.63) is 34.9 Å². The summed E-state index contributed by atoms with van der Waals surface area (Å²) in [6.07, 6.45) is 1.23. The Morgan fingerprint density at radius 3 is 2.75 bits per heavy atom. The monoisotopic (exact) mass is 271 g/mol. The normalized spacial score (nSPS) is 20.0. The third-order valence-electron chi connectivity index (χ3n) is 3.91. The van der Waals surface area contributed by atoms with E-state index in [9.17, 15) is 4.79 Å². The van der Waals surface area contributed by atoms with E-state index in [-0.39, 0.29) is 12.5 Å². The number of aryl methyl sites for hydroxylation is 1. The topological polar surface area (TPSA) is 40.5 Å². The number of hydrogen-bond acceptors (Lipinski definition) is 2. The van der Waals surface area contributed by atoms with Gasteiger partial charge in [0.1, 0.15) is 6.61 Å². The summed E-state index contributed by atoms with van der Waals surface area (Å²) in [5, 5.41) is 8.71. The molecule has 0 aromatic heterocycles. The average molecular weight is 271 g/mol. The zero-order chi connectivity index (χ0) is 14.7. The van der Waals surface area contributed by atoms with Crippen LogP contribution in [0.4, 0.5) is 0 Å². The van der Waals surface area contributed by atoms with E-state index in [1.165, 1.54) is 6.42 Å². The Bertz CT molecular complexity index is 568. The van der Waals surface area contributed by atoms with Gasteiger partial charge in [-0.1, -0.05) is 18.8 Å². The molecule has 1 aliphatic rings. The number of nitrogens with zero attached hydrogens (tertiary/aromatic N) is 1. The molecule has 0 radical (unpaired) electrons. The maximum Gasteiger partial charge on any atom is 0.253 e. The van der Waals surface area contributed by atoms with Gasteiger partial charge in [0.2, 0.25) is 0 Å². The molecule has 1 saturated carbocycles. The molecule has 1 aromatic carbocycles. The molecular formula is C17H21NO2. The Morgan fingerprint density at radius 2 is 2.20 bits per heavy atom. The molecule has 20 heavy (non-hydrogen) atoms. The van der Waals surface area contributed by atoms with Crippen LogP contribution in [-0.2, 0) is 0 Å². The van der Waals surface area contributed by atoms with Crippen LogP contribution in [0, 0.1) is 30.6 Å². The van der Waals surface area contributed by atoms with Crippen molar-refractivity contribution in [2.75, 3.05) is 20.2 Å². The van der Waals surface area contributed by atoms with Gasteiger partial charge in [-0.25, -0.2) is 0 Å². The highest BCUT2D eigenvalue weighted by molar-refractivity contribution is 5.94. The Labute approximate surface area is 120 Å². The first-order chi connectivity index (χ1) is 9.52. The van der Waals surface area contributed by atoms with Crippen molar-refractivity contribution in [2.45, 2.75) is 20.3 Å². The van der Waals surface area contributed by atoms with Gasteiger partial charge in [-0.2, -0.15) is 0 Å². The molecule has 1 N–H and O–H groups in total. The fourth-order valence-corrected chi connectivity index (χ4v) is 2.38. The Morgan fingerprint density at radius 1 is 1.50 bits per heavy atom. The average Bonchev–Trinajstić information content (AvgIpc) is 3.11. The van der Waals surface area contributed by atoms with Crippen molar-refractivity contribution in [3.8, 4) is 11.8 Å². The van der Waals surface area contributed by atoms with Crippen LogP contribution < -0.4 is 0 Å². The van der Waals surface area contributed by atoms with Gasteiger partial charge in [-0.3, -0.25) is 4.79 Å². The van der Waals surface area contributed by atoms with Crippen LogP contribution in [0.1, 0.15) is 34.8 Å². The fourth-order valence-electron chi connectivity index (χ4n) is 2.38. The molecule has 2 atom stereocenters. The molecule has 3 nitrogen and oxygen atoms in total. The predicted molar refractivity (Wildman–Crippen MR) is 79.4 cm³/mol. The lowest BCUT2D eigenvalue weighted by Crippen LogP contribution is -2.29. The second-order valence-electron chi connectivity index (χ2n) is 5.65. The van der Waals surface area contributed by atoms with Gasteiger partial charge in [0.25, 0.3) is 5.91 Å². The van der Waals surface area contributed by atoms with Crippen LogP contribution >= 0.6 is 0 Å². The minimum Gasteiger partial charge on any atom is -0.384 e. The second-order valence-corrected chi connectivity index (χ2v) is 5.65. The summed E-state index contributed by atoms with van der Waals surface area (Å²) < 4.78 is 0. The van der Waals surface area contributed by atoms with E-state index in [1.54, 1.807) is 0 Å². The molecule has 0 aliphatic heterocycles. The number of rotatable bonds is 3. The van der Waals surface area contributed by atoms with E-state index >= 15 is 0 Å². The molecule has 0 saturated heterocycles. The molecule has 2 unspecified atom stereocenters. The van der Waals surface area contributed by atoms with E-state index in [1.807, 2.05) is 37.1 Å². The van der Waals surface area contributed by atoms with Crippen molar-refractivity contribution < 1.29 is 9.90 Å². The van der Waals surface area contributed by atoms with Crippen LogP contribution in [0.5, 0.6) is 0 Å². The summed E-state index contributed by atoms with van der Waals surface area (Å²) in [5.41, 5.74) is 2.52. The first-order valence-electron chi connectivity index (χ1n) is 6.98. The minimum atomic E-state index is -0.150. The SMILES string of the molecule is Cc1cc(C(=O)N(C)CC2CC2C)ccc1C#CCO. The summed E-state index contributed by atoms with van der Waals surface area (Å²) in [7, 11) is 1.86. The zero-order valence-corrected chi connectivity index (χ0v) is 12.3. The number of amides is 1. The maximum absolute atomic E-state index is 12.3. The number of aliphatic hydroxyl groups is 1. The first-order valence-corrected chi connectivity index (χ1v) is 6.98. The summed E-state index contributed by atoms with van der Waals surface area (Å²) in [6.45, 7) is 4.84. The zero-order valence-electron chi connectivity index (χ0n) is 12.3. The van der Waals surface area contributed by atoms with E-state index < -0.39 is 0 Å². The molecule has 2 rings (SSSR count). The van der Waals surface area contributed by atoms with E-state index in [2.05, 4.69) is 18.8 Å². The minimum absolute atomic E-state index is 0.0638. The van der Waals surface area contributed by atoms with Crippen molar-refractivity contribution in [2.24, 2.45) is 11.8 Å². The van der Waals surface area contributed by atoms with Gasteiger partial charge < -0.3 is 10.0 Å². The molecule has 1 fully saturated rings. The number of hydrogen-bond donors (Lipinski definition) is 1. The maximum atomic E-state index is 12.3. The Balaban J connectivity index is 2.08. The summed E-state index contributed by atoms with van der Waals surface area (Å²) >= 11 is 0. The standard InChI is InChI=1S/C17H21NO2/c1-12-9-15(7-6-14(12)5-4-8-19)17(20)18(3)11-16-10-13(16)2/h6-7,9,13,16,19H,8,10-11H2,1-3H3. The smallest absolute Gasteiger partial charge is 0.253 e. The summed E-state index contributed by atoms with van der Waals surface area (Å²) in [5.74, 6) is 6.99. The first kappa shape index (κ1) is 14.6. The van der Waals surface area contributed by atoms with Crippen molar-refractivity contribution >= 4 is 5.91 Å². The summed E-state index contributed by atoms with van der Waals surface area (Å²) in [6, 6.07) is 5.53. The second kappa shape index (κ2) is 6.11. The summed E-state index contributed by atoms with van der Waals surface area (Å²) in [4.78, 5) is 14.1. The molecule has 1 amide bonds. The number of aliphatic hydroxyl groups excluding tert-OH is 1. The van der Waals surface area contributed by atoms with E-state index in [0.717, 1.165) is 23.6 Å². The highest BCUT2D eigenvalue weighted by atomic mass is 16.2. The van der Waals surface area contributed by atoms with Crippen LogP contribution in [0.2, 0.25) is 0 Å². The molecule has 3 heteroatoms. The van der Waals surface area contributed by atoms with Crippen LogP contribution in [0.15, 0.2) is 18.2 Å². The molecular weight excluding hydrogens is 250 g/mol. The van der Waals surface area contributed by atoms with Gasteiger partial charge in [-0.15, -0.1) is 0 Å². The van der Waals surface area contributed by atoms with Crippen LogP contribution in [-0.4, -0.2) is 36.1 Å². The van der Waals surface area contributed by atoms with Crippen molar-refractivity contribution in [1.29, 1.82) is 0 Å². The Kier molecular flexibility index (Phi) is 4.46. The highest BCUT2D eigenvalue weighted by Crippen LogP contribution is 2.38. The van der Waals surface area contributed by atoms with Crippen LogP contribution in [0.3, 0.4) is 0 Å². The molecule has 1 aromatic rings. The van der Waals surface area contributed by atoms with Gasteiger partial charge in [0.15, 0.2) is 0 Å². The van der Waals surface area contributed by atoms with Gasteiger partial charge in [0, 0.05) is 24.7 Å². The lowest BCUT2D eigenvalue weighted by Gasteiger charge is -2.17. The van der Waals surface area contributed by atoms with Crippen LogP contribution in [0.25, 0.3) is 0 Å². The third kappa shape index (κ3) is 3.40.